The van der Waals surface area contributed by atoms with Gasteiger partial charge in [0.15, 0.2) is 0 Å². The van der Waals surface area contributed by atoms with Gasteiger partial charge in [0.1, 0.15) is 0 Å². The lowest BCUT2D eigenvalue weighted by atomic mass is 9.40. The zero-order valence-corrected chi connectivity index (χ0v) is 35.5. The van der Waals surface area contributed by atoms with Gasteiger partial charge in [-0.05, 0) is 242 Å². The highest BCUT2D eigenvalue weighted by atomic mass is 14.7. The van der Waals surface area contributed by atoms with Gasteiger partial charge < -0.3 is 0 Å². The topological polar surface area (TPSA) is 0 Å². The molecule has 9 fully saturated rings. The molecule has 0 aromatic heterocycles. The molecular weight excluding hydrogens is 697 g/mol. The Morgan fingerprint density at radius 3 is 1.16 bits per heavy atom. The SMILES string of the molecule is Cc1cccc(-c2ccccc2)c1C1C2CCCCC2C(c2c(C)cccc2-c2ccccc2)C2C3CCC4C5CCC6CCC7CCC(C8CCC(C3C84)C12)C5C76. The fraction of sp³-hybridized carbons (Fsp3) is 0.586. The first kappa shape index (κ1) is 35.6. The van der Waals surface area contributed by atoms with Crippen LogP contribution < -0.4 is 0 Å². The molecule has 0 N–H and O–H groups in total. The molecule has 58 heavy (non-hydrogen) atoms. The van der Waals surface area contributed by atoms with Gasteiger partial charge in [-0.2, -0.15) is 0 Å². The maximum atomic E-state index is 2.54. The van der Waals surface area contributed by atoms with E-state index >= 15 is 0 Å². The van der Waals surface area contributed by atoms with Gasteiger partial charge in [0, 0.05) is 0 Å². The second-order valence-corrected chi connectivity index (χ2v) is 22.3. The molecule has 9 saturated carbocycles. The Hall–Kier alpha value is -3.12. The van der Waals surface area contributed by atoms with Gasteiger partial charge in [-0.3, -0.25) is 0 Å². The normalized spacial score (nSPS) is 44.1. The quantitative estimate of drug-likeness (QED) is 0.194. The van der Waals surface area contributed by atoms with Crippen LogP contribution in [0.4, 0.5) is 0 Å². The molecule has 13 rings (SSSR count). The molecule has 0 aliphatic heterocycles. The zero-order chi connectivity index (χ0) is 38.2. The van der Waals surface area contributed by atoms with Crippen molar-refractivity contribution in [2.24, 2.45) is 94.7 Å². The minimum atomic E-state index is 0.679. The highest BCUT2D eigenvalue weighted by molar-refractivity contribution is 5.72. The Balaban J connectivity index is 1.01. The number of hydrogen-bond acceptors (Lipinski definition) is 0. The van der Waals surface area contributed by atoms with Crippen LogP contribution >= 0.6 is 0 Å². The van der Waals surface area contributed by atoms with Crippen molar-refractivity contribution in [1.82, 2.24) is 0 Å². The summed E-state index contributed by atoms with van der Waals surface area (Å²) >= 11 is 0. The molecule has 9 aliphatic rings. The van der Waals surface area contributed by atoms with E-state index < -0.39 is 0 Å². The summed E-state index contributed by atoms with van der Waals surface area (Å²) in [4.78, 5) is 0. The second kappa shape index (κ2) is 13.7. The summed E-state index contributed by atoms with van der Waals surface area (Å²) in [5.41, 5.74) is 12.8. The van der Waals surface area contributed by atoms with Crippen LogP contribution in [0, 0.1) is 109 Å². The number of benzene rings is 4. The highest BCUT2D eigenvalue weighted by Crippen LogP contribution is 2.77. The van der Waals surface area contributed by atoms with Gasteiger partial charge in [-0.25, -0.2) is 0 Å². The van der Waals surface area contributed by atoms with Crippen molar-refractivity contribution in [3.63, 3.8) is 0 Å². The lowest BCUT2D eigenvalue weighted by Gasteiger charge is -2.65. The van der Waals surface area contributed by atoms with Crippen LogP contribution in [0.5, 0.6) is 0 Å². The van der Waals surface area contributed by atoms with Gasteiger partial charge in [-0.1, -0.05) is 110 Å². The fourth-order valence-electron chi connectivity index (χ4n) is 19.8. The van der Waals surface area contributed by atoms with Gasteiger partial charge in [-0.15, -0.1) is 0 Å². The zero-order valence-electron chi connectivity index (χ0n) is 35.5. The van der Waals surface area contributed by atoms with Gasteiger partial charge in [0.2, 0.25) is 0 Å². The third kappa shape index (κ3) is 4.99. The lowest BCUT2D eigenvalue weighted by Crippen LogP contribution is -2.59. The van der Waals surface area contributed by atoms with Crippen molar-refractivity contribution in [3.8, 4) is 22.3 Å². The second-order valence-electron chi connectivity index (χ2n) is 22.3. The summed E-state index contributed by atoms with van der Waals surface area (Å²) in [5, 5.41) is 0. The molecule has 14 atom stereocenters. The average Bonchev–Trinajstić information content (AvgIpc) is 3.85. The molecular formula is C58H68. The first-order valence-corrected chi connectivity index (χ1v) is 25.0. The Kier molecular flexibility index (Phi) is 8.41. The minimum absolute atomic E-state index is 0.679. The van der Waals surface area contributed by atoms with Crippen LogP contribution in [-0.2, 0) is 0 Å². The van der Waals surface area contributed by atoms with Crippen LogP contribution in [0.1, 0.15) is 124 Å². The summed E-state index contributed by atoms with van der Waals surface area (Å²) in [6.07, 6.45) is 21.4. The summed E-state index contributed by atoms with van der Waals surface area (Å²) in [6, 6.07) is 38.2. The van der Waals surface area contributed by atoms with E-state index in [0.717, 1.165) is 94.7 Å². The lowest BCUT2D eigenvalue weighted by molar-refractivity contribution is -0.169. The average molecular weight is 765 g/mol. The molecule has 0 nitrogen and oxygen atoms in total. The molecule has 0 spiro atoms. The van der Waals surface area contributed by atoms with Gasteiger partial charge >= 0.3 is 0 Å². The smallest absolute Gasteiger partial charge is 0.00879 e. The predicted octanol–water partition coefficient (Wildman–Crippen LogP) is 14.9. The van der Waals surface area contributed by atoms with E-state index in [2.05, 4.69) is 111 Å². The third-order valence-electron chi connectivity index (χ3n) is 20.9. The number of aryl methyl sites for hydroxylation is 2. The van der Waals surface area contributed by atoms with E-state index in [4.69, 9.17) is 0 Å². The molecule has 0 radical (unpaired) electrons. The molecule has 0 heterocycles. The van der Waals surface area contributed by atoms with Crippen LogP contribution in [0.15, 0.2) is 97.1 Å². The fourth-order valence-corrected chi connectivity index (χ4v) is 19.8. The van der Waals surface area contributed by atoms with E-state index in [1.165, 1.54) is 49.7 Å². The van der Waals surface area contributed by atoms with Crippen LogP contribution in [-0.4, -0.2) is 0 Å². The standard InChI is InChI=1S/C58H68/c1-33-13-11-21-39(35-15-5-3-6-16-35)49(33)55-41-19-9-10-20-42(41)56(50-34(2)14-12-22-40(50)36-17-7-4-8-18-36)58-48-32-30-46-44-28-26-38-24-23-37-25-27-43(52(44)51(37)38)45-29-31-47(57(55)58)54(48)53(45)46/h3-8,11-18,21-22,37-38,41-48,51-58H,9-10,19-20,23-32H2,1-2H3. The van der Waals surface area contributed by atoms with Crippen molar-refractivity contribution in [2.75, 3.05) is 0 Å². The number of fused-ring (bicyclic) bond motifs is 6. The van der Waals surface area contributed by atoms with Crippen molar-refractivity contribution in [1.29, 1.82) is 0 Å². The maximum absolute atomic E-state index is 2.54. The van der Waals surface area contributed by atoms with Crippen molar-refractivity contribution >= 4 is 0 Å². The molecule has 0 heteroatoms. The van der Waals surface area contributed by atoms with Gasteiger partial charge in [0.05, 0.1) is 0 Å². The van der Waals surface area contributed by atoms with Crippen molar-refractivity contribution in [2.45, 2.75) is 116 Å². The molecule has 14 unspecified atom stereocenters. The number of rotatable bonds is 4. The summed E-state index contributed by atoms with van der Waals surface area (Å²) in [6.45, 7) is 5.03. The minimum Gasteiger partial charge on any atom is -0.0622 e. The van der Waals surface area contributed by atoms with Crippen molar-refractivity contribution < 1.29 is 0 Å². The predicted molar refractivity (Wildman–Crippen MR) is 239 cm³/mol. The van der Waals surface area contributed by atoms with E-state index in [1.807, 2.05) is 0 Å². The molecule has 4 aromatic carbocycles. The monoisotopic (exact) mass is 765 g/mol. The van der Waals surface area contributed by atoms with Gasteiger partial charge in [0.25, 0.3) is 0 Å². The number of hydrogen-bond donors (Lipinski definition) is 0. The molecule has 0 bridgehead atoms. The highest BCUT2D eigenvalue weighted by Gasteiger charge is 2.70. The van der Waals surface area contributed by atoms with E-state index in [9.17, 15) is 0 Å². The van der Waals surface area contributed by atoms with Crippen LogP contribution in [0.3, 0.4) is 0 Å². The molecule has 9 aliphatic carbocycles. The maximum Gasteiger partial charge on any atom is -0.00879 e. The first-order valence-electron chi connectivity index (χ1n) is 25.0. The van der Waals surface area contributed by atoms with Crippen LogP contribution in [0.2, 0.25) is 0 Å². The van der Waals surface area contributed by atoms with E-state index in [0.29, 0.717) is 11.8 Å². The Bertz CT molecular complexity index is 2010. The summed E-state index contributed by atoms with van der Waals surface area (Å²) in [5.74, 6) is 16.9. The third-order valence-corrected chi connectivity index (χ3v) is 20.9. The molecule has 4 aromatic rings. The summed E-state index contributed by atoms with van der Waals surface area (Å²) in [7, 11) is 0. The first-order chi connectivity index (χ1) is 28.7. The summed E-state index contributed by atoms with van der Waals surface area (Å²) < 4.78 is 0. The molecule has 0 saturated heterocycles. The van der Waals surface area contributed by atoms with E-state index in [-0.39, 0.29) is 0 Å². The molecule has 0 amide bonds. The van der Waals surface area contributed by atoms with E-state index in [1.54, 1.807) is 84.7 Å². The van der Waals surface area contributed by atoms with Crippen molar-refractivity contribution in [3.05, 3.63) is 119 Å². The molecule has 300 valence electrons. The Morgan fingerprint density at radius 1 is 0.310 bits per heavy atom. The largest absolute Gasteiger partial charge is 0.0622 e. The Labute approximate surface area is 350 Å². The Morgan fingerprint density at radius 2 is 0.690 bits per heavy atom. The van der Waals surface area contributed by atoms with Crippen LogP contribution in [0.25, 0.3) is 22.3 Å².